The summed E-state index contributed by atoms with van der Waals surface area (Å²) >= 11 is 2.87. The molecule has 0 aliphatic heterocycles. The van der Waals surface area contributed by atoms with Gasteiger partial charge in [0.05, 0.1) is 11.1 Å². The van der Waals surface area contributed by atoms with Gasteiger partial charge in [0, 0.05) is 18.7 Å². The molecule has 3 aromatic rings. The number of thiophene rings is 1. The molecule has 0 bridgehead atoms. The molecule has 0 unspecified atom stereocenters. The summed E-state index contributed by atoms with van der Waals surface area (Å²) in [5, 5.41) is 1.59. The van der Waals surface area contributed by atoms with Crippen LogP contribution in [0.15, 0.2) is 35.4 Å². The van der Waals surface area contributed by atoms with Crippen LogP contribution in [0.1, 0.15) is 23.5 Å². The number of carbonyl (C=O) groups excluding carboxylic acids is 1. The van der Waals surface area contributed by atoms with Crippen molar-refractivity contribution in [1.82, 2.24) is 14.9 Å². The second kappa shape index (κ2) is 7.41. The molecule has 0 saturated carbocycles. The molecule has 2 aromatic heterocycles. The molecule has 7 heteroatoms. The van der Waals surface area contributed by atoms with Crippen LogP contribution >= 0.6 is 23.1 Å². The number of thioether (sulfide) groups is 1. The zero-order valence-corrected chi connectivity index (χ0v) is 16.1. The Balaban J connectivity index is 2.18. The molecule has 2 N–H and O–H groups in total. The first-order valence-corrected chi connectivity index (χ1v) is 10.1. The van der Waals surface area contributed by atoms with Crippen LogP contribution in [0.4, 0.5) is 5.69 Å². The van der Waals surface area contributed by atoms with Gasteiger partial charge in [-0.15, -0.1) is 23.1 Å². The number of nitrogen functional groups attached to an aromatic ring is 1. The molecule has 0 radical (unpaired) electrons. The third-order valence-corrected chi connectivity index (χ3v) is 5.80. The Morgan fingerprint density at radius 1 is 1.20 bits per heavy atom. The van der Waals surface area contributed by atoms with Gasteiger partial charge in [-0.25, -0.2) is 9.97 Å². The van der Waals surface area contributed by atoms with E-state index in [1.807, 2.05) is 50.4 Å². The molecule has 0 saturated heterocycles. The predicted molar refractivity (Wildman–Crippen MR) is 106 cm³/mol. The molecule has 1 aromatic carbocycles. The average Bonchev–Trinajstić information content (AvgIpc) is 2.99. The van der Waals surface area contributed by atoms with E-state index in [2.05, 4.69) is 9.97 Å². The van der Waals surface area contributed by atoms with Crippen LogP contribution in [0.2, 0.25) is 0 Å². The first-order valence-electron chi connectivity index (χ1n) is 8.09. The van der Waals surface area contributed by atoms with Crippen molar-refractivity contribution in [3.63, 3.8) is 0 Å². The minimum atomic E-state index is -0.0428. The monoisotopic (exact) mass is 372 g/mol. The lowest BCUT2D eigenvalue weighted by Gasteiger charge is -2.17. The molecule has 0 aliphatic carbocycles. The number of aromatic nitrogens is 2. The smallest absolute Gasteiger partial charge is 0.266 e. The molecule has 25 heavy (non-hydrogen) atoms. The lowest BCUT2D eigenvalue weighted by atomic mass is 10.2. The fourth-order valence-electron chi connectivity index (χ4n) is 2.67. The van der Waals surface area contributed by atoms with Crippen molar-refractivity contribution in [2.45, 2.75) is 18.9 Å². The van der Waals surface area contributed by atoms with Gasteiger partial charge in [0.25, 0.3) is 5.91 Å². The van der Waals surface area contributed by atoms with E-state index < -0.39 is 0 Å². The molecule has 130 valence electrons. The third kappa shape index (κ3) is 3.21. The quantitative estimate of drug-likeness (QED) is 0.538. The number of nitrogens with zero attached hydrogens (tertiary/aromatic N) is 3. The number of nitrogens with two attached hydrogens (primary N) is 1. The molecular formula is C18H20N4OS2. The Morgan fingerprint density at radius 3 is 2.48 bits per heavy atom. The maximum Gasteiger partial charge on any atom is 0.266 e. The summed E-state index contributed by atoms with van der Waals surface area (Å²) in [4.78, 5) is 25.2. The molecule has 0 fully saturated rings. The van der Waals surface area contributed by atoms with Crippen molar-refractivity contribution >= 4 is 44.9 Å². The van der Waals surface area contributed by atoms with Gasteiger partial charge in [0.15, 0.2) is 5.82 Å². The van der Waals surface area contributed by atoms with E-state index in [0.717, 1.165) is 20.8 Å². The van der Waals surface area contributed by atoms with Crippen LogP contribution in [-0.2, 0) is 0 Å². The van der Waals surface area contributed by atoms with Gasteiger partial charge < -0.3 is 10.6 Å². The Kier molecular flexibility index (Phi) is 5.24. The van der Waals surface area contributed by atoms with Crippen LogP contribution in [0.5, 0.6) is 0 Å². The maximum atomic E-state index is 12.8. The van der Waals surface area contributed by atoms with Gasteiger partial charge in [-0.05, 0) is 20.1 Å². The molecule has 5 nitrogen and oxygen atoms in total. The highest BCUT2D eigenvalue weighted by Gasteiger charge is 2.24. The standard InChI is InChI=1S/C18H20N4OS2/c1-4-22(5-2)18(23)14-13(19)12-16(24-3)20-15(21-17(12)25-14)11-9-7-6-8-10-11/h6-10H,4-5,19H2,1-3H3. The molecule has 0 atom stereocenters. The third-order valence-electron chi connectivity index (χ3n) is 4.03. The molecule has 3 rings (SSSR count). The summed E-state index contributed by atoms with van der Waals surface area (Å²) in [7, 11) is 0. The zero-order chi connectivity index (χ0) is 18.0. The van der Waals surface area contributed by atoms with Crippen LogP contribution in [-0.4, -0.2) is 40.1 Å². The fourth-order valence-corrected chi connectivity index (χ4v) is 4.38. The van der Waals surface area contributed by atoms with Crippen molar-refractivity contribution in [2.75, 3.05) is 25.1 Å². The number of benzene rings is 1. The van der Waals surface area contributed by atoms with E-state index in [9.17, 15) is 4.79 Å². The second-order valence-corrected chi connectivity index (χ2v) is 7.22. The van der Waals surface area contributed by atoms with Gasteiger partial charge >= 0.3 is 0 Å². The number of carbonyl (C=O) groups is 1. The summed E-state index contributed by atoms with van der Waals surface area (Å²) in [6.45, 7) is 5.23. The second-order valence-electron chi connectivity index (χ2n) is 5.42. The number of anilines is 1. The van der Waals surface area contributed by atoms with Gasteiger partial charge in [0.2, 0.25) is 0 Å². The van der Waals surface area contributed by atoms with Gasteiger partial charge in [-0.3, -0.25) is 4.79 Å². The van der Waals surface area contributed by atoms with E-state index in [1.54, 1.807) is 4.90 Å². The largest absolute Gasteiger partial charge is 0.397 e. The molecule has 2 heterocycles. The van der Waals surface area contributed by atoms with E-state index in [1.165, 1.54) is 23.1 Å². The topological polar surface area (TPSA) is 72.1 Å². The molecule has 1 amide bonds. The van der Waals surface area contributed by atoms with E-state index in [-0.39, 0.29) is 5.91 Å². The van der Waals surface area contributed by atoms with Crippen LogP contribution in [0.25, 0.3) is 21.6 Å². The highest BCUT2D eigenvalue weighted by molar-refractivity contribution is 7.98. The van der Waals surface area contributed by atoms with E-state index >= 15 is 0 Å². The van der Waals surface area contributed by atoms with E-state index in [4.69, 9.17) is 5.73 Å². The Bertz CT molecular complexity index is 904. The highest BCUT2D eigenvalue weighted by atomic mass is 32.2. The SMILES string of the molecule is CCN(CC)C(=O)c1sc2nc(-c3ccccc3)nc(SC)c2c1N. The van der Waals surface area contributed by atoms with Crippen LogP contribution < -0.4 is 5.73 Å². The number of rotatable bonds is 5. The minimum absolute atomic E-state index is 0.0428. The van der Waals surface area contributed by atoms with Gasteiger partial charge in [-0.2, -0.15) is 0 Å². The first-order chi connectivity index (χ1) is 12.1. The first kappa shape index (κ1) is 17.7. The molecule has 0 aliphatic rings. The summed E-state index contributed by atoms with van der Waals surface area (Å²) in [5.41, 5.74) is 7.76. The van der Waals surface area contributed by atoms with E-state index in [0.29, 0.717) is 29.5 Å². The van der Waals surface area contributed by atoms with Gasteiger partial charge in [-0.1, -0.05) is 30.3 Å². The Labute approximate surface area is 155 Å². The number of amides is 1. The lowest BCUT2D eigenvalue weighted by Crippen LogP contribution is -2.30. The Morgan fingerprint density at radius 2 is 1.88 bits per heavy atom. The fraction of sp³-hybridized carbons (Fsp3) is 0.278. The Hall–Kier alpha value is -2.12. The minimum Gasteiger partial charge on any atom is -0.397 e. The molecular weight excluding hydrogens is 352 g/mol. The van der Waals surface area contributed by atoms with Crippen molar-refractivity contribution in [1.29, 1.82) is 0 Å². The lowest BCUT2D eigenvalue weighted by molar-refractivity contribution is 0.0779. The average molecular weight is 373 g/mol. The summed E-state index contributed by atoms with van der Waals surface area (Å²) in [6.07, 6.45) is 1.96. The van der Waals surface area contributed by atoms with Crippen molar-refractivity contribution < 1.29 is 4.79 Å². The van der Waals surface area contributed by atoms with Gasteiger partial charge in [0.1, 0.15) is 14.7 Å². The number of hydrogen-bond acceptors (Lipinski definition) is 6. The molecule has 0 spiro atoms. The van der Waals surface area contributed by atoms with Crippen LogP contribution in [0.3, 0.4) is 0 Å². The van der Waals surface area contributed by atoms with Crippen molar-refractivity contribution in [3.8, 4) is 11.4 Å². The summed E-state index contributed by atoms with van der Waals surface area (Å²) in [6, 6.07) is 9.83. The summed E-state index contributed by atoms with van der Waals surface area (Å²) < 4.78 is 0. The highest BCUT2D eigenvalue weighted by Crippen LogP contribution is 2.39. The normalized spacial score (nSPS) is 11.0. The number of fused-ring (bicyclic) bond motifs is 1. The maximum absolute atomic E-state index is 12.8. The zero-order valence-electron chi connectivity index (χ0n) is 14.4. The van der Waals surface area contributed by atoms with Crippen molar-refractivity contribution in [3.05, 3.63) is 35.2 Å². The summed E-state index contributed by atoms with van der Waals surface area (Å²) in [5.74, 6) is 0.611. The number of hydrogen-bond donors (Lipinski definition) is 1. The van der Waals surface area contributed by atoms with Crippen LogP contribution in [0, 0.1) is 0 Å². The predicted octanol–water partition coefficient (Wildman–Crippen LogP) is 4.14. The van der Waals surface area contributed by atoms with Crippen molar-refractivity contribution in [2.24, 2.45) is 0 Å².